The summed E-state index contributed by atoms with van der Waals surface area (Å²) in [6.07, 6.45) is 48.5. The SMILES string of the molecule is CCCCCCCCCCCCCCCCCC[NH+](C)CCCC(=O)NCCSSCCNC(=O)CCC[NH+](C)CCCCCCCCCCCCCCCCCC. The van der Waals surface area contributed by atoms with Crippen LogP contribution in [0.3, 0.4) is 0 Å². The molecule has 2 atom stereocenters. The predicted molar refractivity (Wildman–Crippen MR) is 262 cm³/mol. The first kappa shape index (κ1) is 57.6. The minimum Gasteiger partial charge on any atom is -0.355 e. The summed E-state index contributed by atoms with van der Waals surface area (Å²) < 4.78 is 0. The number of rotatable bonds is 49. The summed E-state index contributed by atoms with van der Waals surface area (Å²) >= 11 is 0. The maximum Gasteiger partial charge on any atom is 0.220 e. The number of carbonyl (C=O) groups is 2. The molecule has 0 heterocycles. The average molecular weight is 858 g/mol. The smallest absolute Gasteiger partial charge is 0.220 e. The van der Waals surface area contributed by atoms with Crippen molar-refractivity contribution in [3.05, 3.63) is 0 Å². The van der Waals surface area contributed by atoms with E-state index >= 15 is 0 Å². The van der Waals surface area contributed by atoms with Gasteiger partial charge in [0.1, 0.15) is 0 Å². The Labute approximate surface area is 371 Å². The number of unbranched alkanes of at least 4 members (excludes halogenated alkanes) is 30. The van der Waals surface area contributed by atoms with Crippen LogP contribution in [0.15, 0.2) is 0 Å². The van der Waals surface area contributed by atoms with Crippen LogP contribution in [-0.2, 0) is 9.59 Å². The topological polar surface area (TPSA) is 67.1 Å². The van der Waals surface area contributed by atoms with Gasteiger partial charge < -0.3 is 20.4 Å². The van der Waals surface area contributed by atoms with Crippen LogP contribution in [0.4, 0.5) is 0 Å². The second kappa shape index (κ2) is 49.2. The first-order valence-corrected chi connectivity index (χ1v) is 28.4. The molecule has 0 radical (unpaired) electrons. The summed E-state index contributed by atoms with van der Waals surface area (Å²) in [5.41, 5.74) is 0. The Bertz CT molecular complexity index is 769. The van der Waals surface area contributed by atoms with E-state index in [4.69, 9.17) is 0 Å². The van der Waals surface area contributed by atoms with Crippen molar-refractivity contribution in [1.29, 1.82) is 0 Å². The van der Waals surface area contributed by atoms with E-state index in [1.807, 2.05) is 0 Å². The van der Waals surface area contributed by atoms with Crippen LogP contribution in [0.1, 0.15) is 245 Å². The van der Waals surface area contributed by atoms with Crippen molar-refractivity contribution in [3.8, 4) is 0 Å². The summed E-state index contributed by atoms with van der Waals surface area (Å²) in [4.78, 5) is 27.7. The summed E-state index contributed by atoms with van der Waals surface area (Å²) in [5.74, 6) is 2.18. The summed E-state index contributed by atoms with van der Waals surface area (Å²) in [6.45, 7) is 10.7. The molecule has 6 nitrogen and oxygen atoms in total. The second-order valence-electron chi connectivity index (χ2n) is 18.1. The van der Waals surface area contributed by atoms with Gasteiger partial charge in [0.15, 0.2) is 0 Å². The number of hydrogen-bond acceptors (Lipinski definition) is 4. The van der Waals surface area contributed by atoms with E-state index < -0.39 is 0 Å². The predicted octanol–water partition coefficient (Wildman–Crippen LogP) is 11.7. The lowest BCUT2D eigenvalue weighted by Gasteiger charge is -2.14. The van der Waals surface area contributed by atoms with Gasteiger partial charge in [0, 0.05) is 50.3 Å². The van der Waals surface area contributed by atoms with Crippen molar-refractivity contribution >= 4 is 33.4 Å². The van der Waals surface area contributed by atoms with Crippen molar-refractivity contribution in [2.75, 3.05) is 64.9 Å². The zero-order valence-corrected chi connectivity index (χ0v) is 41.4. The minimum absolute atomic E-state index is 0.186. The van der Waals surface area contributed by atoms with Crippen molar-refractivity contribution in [2.45, 2.75) is 245 Å². The standard InChI is InChI=1S/C50H102N4O2S2/c1-5-7-9-11-13-15-17-19-21-23-25-27-29-31-33-35-43-53(3)45-37-39-49(55)51-41-47-57-58-48-42-52-50(56)40-38-46-54(4)44-36-34-32-30-28-26-24-22-20-18-16-14-12-10-8-6-2/h5-48H2,1-4H3,(H,51,55)(H,52,56)/p+2. The van der Waals surface area contributed by atoms with E-state index in [1.165, 1.54) is 219 Å². The van der Waals surface area contributed by atoms with Crippen LogP contribution < -0.4 is 20.4 Å². The Morgan fingerprint density at radius 1 is 0.345 bits per heavy atom. The summed E-state index contributed by atoms with van der Waals surface area (Å²) in [6, 6.07) is 0. The maximum atomic E-state index is 12.3. The van der Waals surface area contributed by atoms with E-state index in [9.17, 15) is 9.59 Å². The monoisotopic (exact) mass is 857 g/mol. The van der Waals surface area contributed by atoms with Gasteiger partial charge in [0.2, 0.25) is 11.8 Å². The molecule has 58 heavy (non-hydrogen) atoms. The van der Waals surface area contributed by atoms with E-state index in [0.717, 1.165) is 50.5 Å². The largest absolute Gasteiger partial charge is 0.355 e. The van der Waals surface area contributed by atoms with Gasteiger partial charge in [-0.2, -0.15) is 0 Å². The van der Waals surface area contributed by atoms with Gasteiger partial charge in [-0.25, -0.2) is 0 Å². The highest BCUT2D eigenvalue weighted by molar-refractivity contribution is 8.76. The van der Waals surface area contributed by atoms with Crippen LogP contribution >= 0.6 is 21.6 Å². The number of amides is 2. The molecule has 0 fully saturated rings. The molecule has 0 aromatic heterocycles. The molecule has 0 saturated heterocycles. The molecule has 0 aliphatic heterocycles. The van der Waals surface area contributed by atoms with Gasteiger partial charge in [-0.3, -0.25) is 9.59 Å². The zero-order chi connectivity index (χ0) is 42.3. The number of nitrogens with one attached hydrogen (secondary N) is 4. The van der Waals surface area contributed by atoms with Crippen LogP contribution in [0, 0.1) is 0 Å². The highest BCUT2D eigenvalue weighted by Gasteiger charge is 2.08. The third kappa shape index (κ3) is 48.2. The quantitative estimate of drug-likeness (QED) is 0.0364. The number of quaternary nitrogens is 2. The third-order valence-corrected chi connectivity index (χ3v) is 14.4. The Morgan fingerprint density at radius 3 is 0.828 bits per heavy atom. The van der Waals surface area contributed by atoms with Gasteiger partial charge in [-0.05, 0) is 25.7 Å². The fraction of sp³-hybridized carbons (Fsp3) is 0.960. The second-order valence-corrected chi connectivity index (χ2v) is 20.8. The Morgan fingerprint density at radius 2 is 0.569 bits per heavy atom. The molecule has 0 aromatic rings. The van der Waals surface area contributed by atoms with Crippen molar-refractivity contribution < 1.29 is 19.4 Å². The molecule has 2 amide bonds. The van der Waals surface area contributed by atoms with Crippen LogP contribution in [0.5, 0.6) is 0 Å². The maximum absolute atomic E-state index is 12.3. The van der Waals surface area contributed by atoms with Gasteiger partial charge in [0.25, 0.3) is 0 Å². The summed E-state index contributed by atoms with van der Waals surface area (Å²) in [5, 5.41) is 6.17. The van der Waals surface area contributed by atoms with Gasteiger partial charge in [-0.15, -0.1) is 0 Å². The lowest BCUT2D eigenvalue weighted by atomic mass is 10.0. The Hall–Kier alpha value is -0.440. The van der Waals surface area contributed by atoms with E-state index in [2.05, 4.69) is 38.6 Å². The lowest BCUT2D eigenvalue weighted by molar-refractivity contribution is -0.880. The lowest BCUT2D eigenvalue weighted by Crippen LogP contribution is -3.09. The minimum atomic E-state index is 0.186. The van der Waals surface area contributed by atoms with Crippen LogP contribution in [0.2, 0.25) is 0 Å². The molecular weight excluding hydrogens is 753 g/mol. The fourth-order valence-electron chi connectivity index (χ4n) is 8.06. The highest BCUT2D eigenvalue weighted by Crippen LogP contribution is 2.19. The van der Waals surface area contributed by atoms with Crippen LogP contribution in [-0.4, -0.2) is 76.7 Å². The molecule has 0 saturated carbocycles. The number of hydrogen-bond donors (Lipinski definition) is 4. The molecule has 0 rings (SSSR count). The molecule has 8 heteroatoms. The number of carbonyl (C=O) groups excluding carboxylic acids is 2. The van der Waals surface area contributed by atoms with Crippen molar-refractivity contribution in [2.24, 2.45) is 0 Å². The highest BCUT2D eigenvalue weighted by atomic mass is 33.1. The zero-order valence-electron chi connectivity index (χ0n) is 39.7. The van der Waals surface area contributed by atoms with Crippen LogP contribution in [0.25, 0.3) is 0 Å². The van der Waals surface area contributed by atoms with E-state index in [-0.39, 0.29) is 11.8 Å². The normalized spacial score (nSPS) is 12.6. The molecule has 2 unspecified atom stereocenters. The van der Waals surface area contributed by atoms with Gasteiger partial charge >= 0.3 is 0 Å². The molecule has 0 bridgehead atoms. The molecule has 0 aliphatic carbocycles. The molecule has 0 spiro atoms. The van der Waals surface area contributed by atoms with E-state index in [0.29, 0.717) is 12.8 Å². The molecular formula is C50H104N4O2S2+2. The molecule has 346 valence electrons. The molecule has 0 aliphatic rings. The first-order chi connectivity index (χ1) is 28.5. The van der Waals surface area contributed by atoms with Gasteiger partial charge in [0.05, 0.1) is 40.3 Å². The first-order valence-electron chi connectivity index (χ1n) is 25.9. The Balaban J connectivity index is 3.38. The van der Waals surface area contributed by atoms with E-state index in [1.54, 1.807) is 31.4 Å². The molecule has 0 aromatic carbocycles. The van der Waals surface area contributed by atoms with Gasteiger partial charge in [-0.1, -0.05) is 215 Å². The summed E-state index contributed by atoms with van der Waals surface area (Å²) in [7, 11) is 8.13. The fourth-order valence-corrected chi connectivity index (χ4v) is 9.87. The van der Waals surface area contributed by atoms with Crippen molar-refractivity contribution in [3.63, 3.8) is 0 Å². The Kier molecular flexibility index (Phi) is 48.8. The molecule has 4 N–H and O–H groups in total. The third-order valence-electron chi connectivity index (χ3n) is 12.0. The van der Waals surface area contributed by atoms with Crippen molar-refractivity contribution in [1.82, 2.24) is 10.6 Å². The average Bonchev–Trinajstić information content (AvgIpc) is 3.21.